The minimum Gasteiger partial charge on any atom is -0.467 e. The molecule has 0 spiro atoms. The third kappa shape index (κ3) is 4.10. The number of halogens is 2. The van der Waals surface area contributed by atoms with Gasteiger partial charge in [0.05, 0.1) is 17.8 Å². The van der Waals surface area contributed by atoms with Gasteiger partial charge in [-0.05, 0) is 44.2 Å². The fourth-order valence-electron chi connectivity index (χ4n) is 1.77. The fraction of sp³-hybridized carbons (Fsp3) is 0.250. The van der Waals surface area contributed by atoms with Crippen molar-refractivity contribution >= 4 is 29.1 Å². The van der Waals surface area contributed by atoms with Crippen molar-refractivity contribution in [3.8, 4) is 0 Å². The van der Waals surface area contributed by atoms with Gasteiger partial charge in [-0.3, -0.25) is 9.59 Å². The van der Waals surface area contributed by atoms with Crippen LogP contribution in [-0.2, 0) is 16.1 Å². The lowest BCUT2D eigenvalue weighted by Crippen LogP contribution is -2.44. The highest BCUT2D eigenvalue weighted by atomic mass is 35.5. The van der Waals surface area contributed by atoms with Gasteiger partial charge in [0.2, 0.25) is 11.8 Å². The van der Waals surface area contributed by atoms with Gasteiger partial charge in [-0.1, -0.05) is 11.6 Å². The molecule has 0 saturated heterocycles. The average Bonchev–Trinajstić information content (AvgIpc) is 3.01. The van der Waals surface area contributed by atoms with Crippen LogP contribution in [0.5, 0.6) is 0 Å². The van der Waals surface area contributed by atoms with Crippen LogP contribution < -0.4 is 10.6 Å². The van der Waals surface area contributed by atoms with E-state index >= 15 is 0 Å². The molecule has 1 aromatic heterocycles. The number of hydrogen-bond acceptors (Lipinski definition) is 3. The third-order valence-electron chi connectivity index (χ3n) is 3.32. The van der Waals surface area contributed by atoms with Gasteiger partial charge in [-0.2, -0.15) is 0 Å². The summed E-state index contributed by atoms with van der Waals surface area (Å²) in [6.45, 7) is 3.17. The molecule has 2 amide bonds. The Labute approximate surface area is 137 Å². The molecular weight excluding hydrogens is 323 g/mol. The number of benzene rings is 1. The maximum absolute atomic E-state index is 13.1. The second-order valence-electron chi connectivity index (χ2n) is 5.47. The van der Waals surface area contributed by atoms with E-state index in [2.05, 4.69) is 10.6 Å². The predicted octanol–water partition coefficient (Wildman–Crippen LogP) is 3.35. The van der Waals surface area contributed by atoms with Crippen LogP contribution in [0.1, 0.15) is 19.6 Å². The van der Waals surface area contributed by atoms with Crippen molar-refractivity contribution in [2.24, 2.45) is 5.41 Å². The van der Waals surface area contributed by atoms with Gasteiger partial charge >= 0.3 is 0 Å². The molecule has 0 aliphatic rings. The van der Waals surface area contributed by atoms with Crippen LogP contribution >= 0.6 is 11.6 Å². The first-order valence-electron chi connectivity index (χ1n) is 6.88. The van der Waals surface area contributed by atoms with Crippen LogP contribution in [0.15, 0.2) is 41.0 Å². The van der Waals surface area contributed by atoms with E-state index in [1.54, 1.807) is 12.1 Å². The Hall–Kier alpha value is -2.34. The Morgan fingerprint density at radius 2 is 2.00 bits per heavy atom. The van der Waals surface area contributed by atoms with Gasteiger partial charge in [-0.25, -0.2) is 4.39 Å². The Morgan fingerprint density at radius 3 is 2.61 bits per heavy atom. The van der Waals surface area contributed by atoms with Crippen LogP contribution in [0, 0.1) is 11.2 Å². The second kappa shape index (κ2) is 6.83. The maximum atomic E-state index is 13.1. The molecule has 2 aromatic rings. The lowest BCUT2D eigenvalue weighted by Gasteiger charge is -2.22. The summed E-state index contributed by atoms with van der Waals surface area (Å²) in [5.41, 5.74) is -1.01. The third-order valence-corrected chi connectivity index (χ3v) is 3.61. The number of furan rings is 1. The van der Waals surface area contributed by atoms with E-state index in [0.717, 1.165) is 6.07 Å². The fourth-order valence-corrected chi connectivity index (χ4v) is 1.95. The lowest BCUT2D eigenvalue weighted by molar-refractivity contribution is -0.138. The molecule has 0 aliphatic heterocycles. The highest BCUT2D eigenvalue weighted by Gasteiger charge is 2.36. The smallest absolute Gasteiger partial charge is 0.239 e. The van der Waals surface area contributed by atoms with Crippen molar-refractivity contribution in [3.05, 3.63) is 53.2 Å². The van der Waals surface area contributed by atoms with Crippen molar-refractivity contribution < 1.29 is 18.4 Å². The summed E-state index contributed by atoms with van der Waals surface area (Å²) in [6, 6.07) is 7.22. The molecule has 0 unspecified atom stereocenters. The molecule has 1 aromatic carbocycles. The summed E-state index contributed by atoms with van der Waals surface area (Å²) in [7, 11) is 0. The van der Waals surface area contributed by atoms with Crippen LogP contribution in [0.4, 0.5) is 10.1 Å². The molecule has 2 rings (SSSR count). The number of hydrogen-bond donors (Lipinski definition) is 2. The highest BCUT2D eigenvalue weighted by molar-refractivity contribution is 6.31. The van der Waals surface area contributed by atoms with Gasteiger partial charge in [0.25, 0.3) is 0 Å². The van der Waals surface area contributed by atoms with E-state index in [0.29, 0.717) is 11.4 Å². The van der Waals surface area contributed by atoms with Crippen molar-refractivity contribution in [2.45, 2.75) is 20.4 Å². The Morgan fingerprint density at radius 1 is 1.26 bits per heavy atom. The van der Waals surface area contributed by atoms with Crippen molar-refractivity contribution in [2.75, 3.05) is 5.32 Å². The van der Waals surface area contributed by atoms with Gasteiger partial charge in [0.15, 0.2) is 0 Å². The summed E-state index contributed by atoms with van der Waals surface area (Å²) in [5.74, 6) is -0.989. The molecule has 5 nitrogen and oxygen atoms in total. The summed E-state index contributed by atoms with van der Waals surface area (Å²) >= 11 is 5.66. The topological polar surface area (TPSA) is 71.3 Å². The Bertz CT molecular complexity index is 714. The number of anilines is 1. The van der Waals surface area contributed by atoms with Gasteiger partial charge < -0.3 is 15.1 Å². The van der Waals surface area contributed by atoms with Crippen LogP contribution in [0.2, 0.25) is 5.02 Å². The Kier molecular flexibility index (Phi) is 5.05. The quantitative estimate of drug-likeness (QED) is 0.821. The summed E-state index contributed by atoms with van der Waals surface area (Å²) in [4.78, 5) is 24.5. The van der Waals surface area contributed by atoms with E-state index in [9.17, 15) is 14.0 Å². The number of nitrogens with one attached hydrogen (secondary N) is 2. The molecule has 7 heteroatoms. The molecule has 23 heavy (non-hydrogen) atoms. The first kappa shape index (κ1) is 17.0. The van der Waals surface area contributed by atoms with E-state index in [-0.39, 0.29) is 11.6 Å². The number of carbonyl (C=O) groups excluding carboxylic acids is 2. The van der Waals surface area contributed by atoms with E-state index < -0.39 is 23.0 Å². The first-order valence-corrected chi connectivity index (χ1v) is 7.25. The van der Waals surface area contributed by atoms with E-state index in [1.165, 1.54) is 32.2 Å². The predicted molar refractivity (Wildman–Crippen MR) is 84.4 cm³/mol. The normalized spacial score (nSPS) is 11.1. The number of amides is 2. The van der Waals surface area contributed by atoms with Gasteiger partial charge in [0.1, 0.15) is 17.0 Å². The first-order chi connectivity index (χ1) is 10.8. The minimum atomic E-state index is -1.33. The van der Waals surface area contributed by atoms with Crippen molar-refractivity contribution in [1.29, 1.82) is 0 Å². The molecule has 0 radical (unpaired) electrons. The molecule has 0 atom stereocenters. The zero-order valence-electron chi connectivity index (χ0n) is 12.7. The van der Waals surface area contributed by atoms with Crippen molar-refractivity contribution in [3.63, 3.8) is 0 Å². The van der Waals surface area contributed by atoms with Crippen LogP contribution in [0.25, 0.3) is 0 Å². The zero-order chi connectivity index (χ0) is 17.0. The average molecular weight is 339 g/mol. The van der Waals surface area contributed by atoms with E-state index in [4.69, 9.17) is 16.0 Å². The molecular formula is C16H16ClFN2O3. The summed E-state index contributed by atoms with van der Waals surface area (Å²) in [5, 5.41) is 5.07. The molecule has 0 saturated carbocycles. The molecule has 122 valence electrons. The Balaban J connectivity index is 2.00. The zero-order valence-corrected chi connectivity index (χ0v) is 13.4. The largest absolute Gasteiger partial charge is 0.467 e. The summed E-state index contributed by atoms with van der Waals surface area (Å²) in [6.07, 6.45) is 1.50. The van der Waals surface area contributed by atoms with Crippen molar-refractivity contribution in [1.82, 2.24) is 5.32 Å². The van der Waals surface area contributed by atoms with Gasteiger partial charge in [-0.15, -0.1) is 0 Å². The molecule has 2 N–H and O–H groups in total. The molecule has 0 bridgehead atoms. The number of carbonyl (C=O) groups is 2. The monoisotopic (exact) mass is 338 g/mol. The van der Waals surface area contributed by atoms with Crippen LogP contribution in [0.3, 0.4) is 0 Å². The van der Waals surface area contributed by atoms with Gasteiger partial charge in [0, 0.05) is 5.69 Å². The second-order valence-corrected chi connectivity index (χ2v) is 5.88. The molecule has 0 aliphatic carbocycles. The SMILES string of the molecule is CC(C)(C(=O)NCc1ccco1)C(=O)Nc1ccc(F)c(Cl)c1. The summed E-state index contributed by atoms with van der Waals surface area (Å²) < 4.78 is 18.2. The van der Waals surface area contributed by atoms with Crippen LogP contribution in [-0.4, -0.2) is 11.8 Å². The molecule has 1 heterocycles. The highest BCUT2D eigenvalue weighted by Crippen LogP contribution is 2.23. The number of rotatable bonds is 5. The molecule has 0 fully saturated rings. The maximum Gasteiger partial charge on any atom is 0.239 e. The minimum absolute atomic E-state index is 0.108. The standard InChI is InChI=1S/C16H16ClFN2O3/c1-16(2,14(21)19-9-11-4-3-7-23-11)15(22)20-10-5-6-13(18)12(17)8-10/h3-8H,9H2,1-2H3,(H,19,21)(H,20,22). The lowest BCUT2D eigenvalue weighted by atomic mass is 9.91. The van der Waals surface area contributed by atoms with E-state index in [1.807, 2.05) is 0 Å².